The van der Waals surface area contributed by atoms with E-state index in [1.165, 1.54) is 23.5 Å². The summed E-state index contributed by atoms with van der Waals surface area (Å²) in [6, 6.07) is 6.52. The van der Waals surface area contributed by atoms with Crippen LogP contribution in [0.4, 0.5) is 4.39 Å². The summed E-state index contributed by atoms with van der Waals surface area (Å²) >= 11 is 1.38. The number of hydrogen-bond acceptors (Lipinski definition) is 3. The van der Waals surface area contributed by atoms with Gasteiger partial charge >= 0.3 is 0 Å². The smallest absolute Gasteiger partial charge is 0.172 e. The summed E-state index contributed by atoms with van der Waals surface area (Å²) in [5.74, 6) is -0.0960. The van der Waals surface area contributed by atoms with Gasteiger partial charge in [0.2, 0.25) is 0 Å². The Morgan fingerprint density at radius 1 is 1.40 bits per heavy atom. The summed E-state index contributed by atoms with van der Waals surface area (Å²) < 4.78 is 19.5. The van der Waals surface area contributed by atoms with Gasteiger partial charge in [0.05, 0.1) is 11.0 Å². The van der Waals surface area contributed by atoms with Crippen molar-refractivity contribution in [3.05, 3.63) is 35.0 Å². The Morgan fingerprint density at radius 2 is 2.30 bits per heavy atom. The minimum absolute atomic E-state index is 0.157. The van der Waals surface area contributed by atoms with E-state index in [1.807, 2.05) is 6.07 Å². The van der Waals surface area contributed by atoms with Gasteiger partial charge in [-0.15, -0.1) is 11.3 Å². The van der Waals surface area contributed by atoms with Crippen molar-refractivity contribution in [1.82, 2.24) is 0 Å². The topological polar surface area (TPSA) is 26.3 Å². The molecule has 2 heterocycles. The number of fused-ring (bicyclic) bond motifs is 1. The fourth-order valence-corrected chi connectivity index (χ4v) is 3.68. The Hall–Kier alpha value is -1.26. The van der Waals surface area contributed by atoms with Gasteiger partial charge in [-0.3, -0.25) is 4.79 Å². The number of halogens is 1. The molecule has 1 unspecified atom stereocenters. The highest BCUT2D eigenvalue weighted by Crippen LogP contribution is 2.28. The van der Waals surface area contributed by atoms with Crippen molar-refractivity contribution in [3.63, 3.8) is 0 Å². The van der Waals surface area contributed by atoms with Gasteiger partial charge in [-0.1, -0.05) is 6.07 Å². The maximum atomic E-state index is 13.1. The van der Waals surface area contributed by atoms with Gasteiger partial charge in [0.15, 0.2) is 5.78 Å². The predicted octanol–water partition coefficient (Wildman–Crippen LogP) is 4.57. The molecule has 0 amide bonds. The van der Waals surface area contributed by atoms with Crippen LogP contribution < -0.4 is 0 Å². The maximum Gasteiger partial charge on any atom is 0.172 e. The van der Waals surface area contributed by atoms with Gasteiger partial charge in [0, 0.05) is 17.7 Å². The minimum atomic E-state index is -0.253. The number of thiophene rings is 1. The van der Waals surface area contributed by atoms with Gasteiger partial charge in [-0.05, 0) is 49.3 Å². The summed E-state index contributed by atoms with van der Waals surface area (Å²) in [5.41, 5.74) is 0. The Balaban J connectivity index is 1.60. The second-order valence-corrected chi connectivity index (χ2v) is 6.33. The molecule has 1 atom stereocenters. The van der Waals surface area contributed by atoms with Crippen molar-refractivity contribution >= 4 is 27.2 Å². The van der Waals surface area contributed by atoms with Crippen molar-refractivity contribution in [2.75, 3.05) is 6.61 Å². The van der Waals surface area contributed by atoms with E-state index in [0.717, 1.165) is 47.3 Å². The third-order valence-electron chi connectivity index (χ3n) is 3.71. The Labute approximate surface area is 121 Å². The molecule has 1 aromatic carbocycles. The molecule has 106 valence electrons. The van der Waals surface area contributed by atoms with Gasteiger partial charge in [0.1, 0.15) is 5.82 Å². The second kappa shape index (κ2) is 6.02. The first-order chi connectivity index (χ1) is 9.72. The summed E-state index contributed by atoms with van der Waals surface area (Å²) in [4.78, 5) is 12.9. The van der Waals surface area contributed by atoms with Crippen molar-refractivity contribution in [3.8, 4) is 0 Å². The van der Waals surface area contributed by atoms with Crippen molar-refractivity contribution in [1.29, 1.82) is 0 Å². The standard InChI is InChI=1S/C16H17FO2S/c17-12-7-6-11-9-16(20-15(11)10-12)14(18)5-1-3-13-4-2-8-19-13/h6-7,9-10,13H,1-5,8H2. The molecular weight excluding hydrogens is 275 g/mol. The summed E-state index contributed by atoms with van der Waals surface area (Å²) in [5, 5.41) is 0.943. The SMILES string of the molecule is O=C(CCCC1CCCO1)c1cc2ccc(F)cc2s1. The van der Waals surface area contributed by atoms with Crippen LogP contribution >= 0.6 is 11.3 Å². The van der Waals surface area contributed by atoms with Crippen LogP contribution in [0.2, 0.25) is 0 Å². The molecular formula is C16H17FO2S. The minimum Gasteiger partial charge on any atom is -0.378 e. The number of hydrogen-bond donors (Lipinski definition) is 0. The van der Waals surface area contributed by atoms with Crippen LogP contribution in [0.15, 0.2) is 24.3 Å². The van der Waals surface area contributed by atoms with E-state index in [4.69, 9.17) is 4.74 Å². The molecule has 4 heteroatoms. The van der Waals surface area contributed by atoms with E-state index >= 15 is 0 Å². The van der Waals surface area contributed by atoms with E-state index in [9.17, 15) is 9.18 Å². The lowest BCUT2D eigenvalue weighted by atomic mass is 10.1. The Kier molecular flexibility index (Phi) is 4.13. The van der Waals surface area contributed by atoms with Crippen molar-refractivity contribution in [2.24, 2.45) is 0 Å². The zero-order chi connectivity index (χ0) is 13.9. The molecule has 0 saturated carbocycles. The van der Waals surface area contributed by atoms with Crippen LogP contribution in [0.25, 0.3) is 10.1 Å². The average molecular weight is 292 g/mol. The Bertz CT molecular complexity index is 614. The molecule has 0 bridgehead atoms. The quantitative estimate of drug-likeness (QED) is 0.754. The van der Waals surface area contributed by atoms with Crippen LogP contribution in [-0.2, 0) is 4.74 Å². The number of Topliss-reactive ketones (excluding diaryl/α,β-unsaturated/α-hetero) is 1. The van der Waals surface area contributed by atoms with Gasteiger partial charge < -0.3 is 4.74 Å². The lowest BCUT2D eigenvalue weighted by Gasteiger charge is -2.07. The van der Waals surface area contributed by atoms with E-state index in [2.05, 4.69) is 0 Å². The zero-order valence-electron chi connectivity index (χ0n) is 11.2. The Morgan fingerprint density at radius 3 is 3.10 bits per heavy atom. The first kappa shape index (κ1) is 13.7. The van der Waals surface area contributed by atoms with Crippen LogP contribution in [0.1, 0.15) is 41.8 Å². The number of benzene rings is 1. The van der Waals surface area contributed by atoms with Crippen LogP contribution in [0, 0.1) is 5.82 Å². The van der Waals surface area contributed by atoms with E-state index in [-0.39, 0.29) is 11.6 Å². The van der Waals surface area contributed by atoms with Crippen molar-refractivity contribution < 1.29 is 13.9 Å². The highest BCUT2D eigenvalue weighted by atomic mass is 32.1. The summed E-state index contributed by atoms with van der Waals surface area (Å²) in [6.07, 6.45) is 4.99. The van der Waals surface area contributed by atoms with Gasteiger partial charge in [0.25, 0.3) is 0 Å². The number of ether oxygens (including phenoxy) is 1. The molecule has 0 radical (unpaired) electrons. The number of ketones is 1. The van der Waals surface area contributed by atoms with E-state index in [0.29, 0.717) is 12.5 Å². The highest BCUT2D eigenvalue weighted by Gasteiger charge is 2.16. The molecule has 0 aliphatic carbocycles. The number of carbonyl (C=O) groups is 1. The lowest BCUT2D eigenvalue weighted by Crippen LogP contribution is -2.06. The van der Waals surface area contributed by atoms with Crippen molar-refractivity contribution in [2.45, 2.75) is 38.2 Å². The van der Waals surface area contributed by atoms with Crippen LogP contribution in [-0.4, -0.2) is 18.5 Å². The fourth-order valence-electron chi connectivity index (χ4n) is 2.63. The first-order valence-corrected chi connectivity index (χ1v) is 7.88. The fraction of sp³-hybridized carbons (Fsp3) is 0.438. The molecule has 2 nitrogen and oxygen atoms in total. The zero-order valence-corrected chi connectivity index (χ0v) is 12.0. The molecule has 1 aliphatic rings. The molecule has 0 N–H and O–H groups in total. The van der Waals surface area contributed by atoms with E-state index in [1.54, 1.807) is 6.07 Å². The molecule has 1 fully saturated rings. The monoisotopic (exact) mass is 292 g/mol. The van der Waals surface area contributed by atoms with Gasteiger partial charge in [-0.2, -0.15) is 0 Å². The molecule has 0 spiro atoms. The van der Waals surface area contributed by atoms with Gasteiger partial charge in [-0.25, -0.2) is 4.39 Å². The molecule has 1 aromatic heterocycles. The molecule has 20 heavy (non-hydrogen) atoms. The van der Waals surface area contributed by atoms with Crippen LogP contribution in [0.3, 0.4) is 0 Å². The highest BCUT2D eigenvalue weighted by molar-refractivity contribution is 7.20. The van der Waals surface area contributed by atoms with Crippen LogP contribution in [0.5, 0.6) is 0 Å². The third kappa shape index (κ3) is 3.07. The number of carbonyl (C=O) groups excluding carboxylic acids is 1. The molecule has 3 rings (SSSR count). The molecule has 1 aliphatic heterocycles. The summed E-state index contributed by atoms with van der Waals surface area (Å²) in [7, 11) is 0. The third-order valence-corrected chi connectivity index (χ3v) is 4.85. The average Bonchev–Trinajstić information content (AvgIpc) is 3.06. The predicted molar refractivity (Wildman–Crippen MR) is 78.9 cm³/mol. The maximum absolute atomic E-state index is 13.1. The number of rotatable bonds is 5. The summed E-state index contributed by atoms with van der Waals surface area (Å²) in [6.45, 7) is 0.862. The largest absolute Gasteiger partial charge is 0.378 e. The molecule has 2 aromatic rings. The van der Waals surface area contributed by atoms with E-state index < -0.39 is 0 Å². The first-order valence-electron chi connectivity index (χ1n) is 7.06. The second-order valence-electron chi connectivity index (χ2n) is 5.24. The lowest BCUT2D eigenvalue weighted by molar-refractivity contribution is 0.0925. The molecule has 1 saturated heterocycles. The normalized spacial score (nSPS) is 18.8.